The van der Waals surface area contributed by atoms with E-state index < -0.39 is 0 Å². The van der Waals surface area contributed by atoms with Crippen LogP contribution in [-0.4, -0.2) is 11.2 Å². The van der Waals surface area contributed by atoms with Crippen LogP contribution in [0.1, 0.15) is 112 Å². The number of fused-ring (bicyclic) bond motifs is 5. The summed E-state index contributed by atoms with van der Waals surface area (Å²) in [4.78, 5) is 0. The zero-order valence-electron chi connectivity index (χ0n) is 19.6. The second-order valence-corrected chi connectivity index (χ2v) is 12.6. The first-order valence-electron chi connectivity index (χ1n) is 13.0. The zero-order chi connectivity index (χ0) is 20.1. The monoisotopic (exact) mass is 388 g/mol. The molecule has 0 unspecified atom stereocenters. The SMILES string of the molecule is CC(C)CCC[C@@H](C)[C@@H]1CC[C@@H]2[C@@H]3C[C@H](O)[C@H]4CCCC[C@]4(C)[C@@H]3CC[C@@]21C. The van der Waals surface area contributed by atoms with Gasteiger partial charge in [-0.15, -0.1) is 0 Å². The van der Waals surface area contributed by atoms with E-state index in [4.69, 9.17) is 0 Å². The maximum Gasteiger partial charge on any atom is 0.0576 e. The van der Waals surface area contributed by atoms with E-state index in [1.165, 1.54) is 70.6 Å². The van der Waals surface area contributed by atoms with E-state index in [1.54, 1.807) is 0 Å². The minimum Gasteiger partial charge on any atom is -0.393 e. The molecule has 1 nitrogen and oxygen atoms in total. The lowest BCUT2D eigenvalue weighted by Gasteiger charge is -2.62. The van der Waals surface area contributed by atoms with Gasteiger partial charge in [0.15, 0.2) is 0 Å². The van der Waals surface area contributed by atoms with E-state index in [-0.39, 0.29) is 6.10 Å². The lowest BCUT2D eigenvalue weighted by molar-refractivity contribution is -0.159. The van der Waals surface area contributed by atoms with Gasteiger partial charge < -0.3 is 5.11 Å². The Bertz CT molecular complexity index is 540. The summed E-state index contributed by atoms with van der Waals surface area (Å²) >= 11 is 0. The van der Waals surface area contributed by atoms with Crippen LogP contribution in [0.2, 0.25) is 0 Å². The number of hydrogen-bond acceptors (Lipinski definition) is 1. The molecule has 0 aromatic rings. The predicted octanol–water partition coefficient (Wildman–Crippen LogP) is 7.47. The van der Waals surface area contributed by atoms with Gasteiger partial charge in [0.05, 0.1) is 6.10 Å². The molecule has 4 aliphatic carbocycles. The summed E-state index contributed by atoms with van der Waals surface area (Å²) < 4.78 is 0. The van der Waals surface area contributed by atoms with Crippen LogP contribution in [0.3, 0.4) is 0 Å². The fraction of sp³-hybridized carbons (Fsp3) is 1.00. The molecule has 1 heteroatoms. The van der Waals surface area contributed by atoms with Crippen LogP contribution >= 0.6 is 0 Å². The molecule has 0 radical (unpaired) electrons. The molecule has 4 saturated carbocycles. The third-order valence-corrected chi connectivity index (χ3v) is 10.8. The Balaban J connectivity index is 1.49. The Morgan fingerprint density at radius 3 is 2.32 bits per heavy atom. The van der Waals surface area contributed by atoms with E-state index in [0.29, 0.717) is 16.7 Å². The highest BCUT2D eigenvalue weighted by atomic mass is 16.3. The molecular weight excluding hydrogens is 340 g/mol. The maximum atomic E-state index is 11.2. The highest BCUT2D eigenvalue weighted by molar-refractivity contribution is 5.10. The van der Waals surface area contributed by atoms with Crippen molar-refractivity contribution in [3.63, 3.8) is 0 Å². The Kier molecular flexibility index (Phi) is 5.98. The predicted molar refractivity (Wildman–Crippen MR) is 119 cm³/mol. The van der Waals surface area contributed by atoms with Crippen molar-refractivity contribution in [1.29, 1.82) is 0 Å². The summed E-state index contributed by atoms with van der Waals surface area (Å²) in [5.74, 6) is 5.85. The van der Waals surface area contributed by atoms with Gasteiger partial charge in [-0.05, 0) is 97.2 Å². The van der Waals surface area contributed by atoms with Crippen LogP contribution in [0.5, 0.6) is 0 Å². The van der Waals surface area contributed by atoms with Crippen LogP contribution in [0.15, 0.2) is 0 Å². The van der Waals surface area contributed by atoms with Gasteiger partial charge in [-0.2, -0.15) is 0 Å². The number of aliphatic hydroxyl groups is 1. The van der Waals surface area contributed by atoms with Gasteiger partial charge in [-0.25, -0.2) is 0 Å². The average Bonchev–Trinajstić information content (AvgIpc) is 2.99. The zero-order valence-corrected chi connectivity index (χ0v) is 19.6. The topological polar surface area (TPSA) is 20.2 Å². The van der Waals surface area contributed by atoms with Crippen molar-refractivity contribution in [2.24, 2.45) is 52.3 Å². The molecule has 0 amide bonds. The molecule has 4 rings (SSSR count). The minimum atomic E-state index is -0.0172. The van der Waals surface area contributed by atoms with Crippen LogP contribution in [0, 0.1) is 52.3 Å². The first-order chi connectivity index (χ1) is 13.3. The van der Waals surface area contributed by atoms with E-state index in [1.807, 2.05) is 0 Å². The molecule has 28 heavy (non-hydrogen) atoms. The summed E-state index contributed by atoms with van der Waals surface area (Å²) in [7, 11) is 0. The van der Waals surface area contributed by atoms with Crippen molar-refractivity contribution >= 4 is 0 Å². The van der Waals surface area contributed by atoms with Gasteiger partial charge >= 0.3 is 0 Å². The molecule has 0 aliphatic heterocycles. The van der Waals surface area contributed by atoms with Gasteiger partial charge in [-0.1, -0.05) is 66.7 Å². The fourth-order valence-electron chi connectivity index (χ4n) is 9.38. The van der Waals surface area contributed by atoms with Gasteiger partial charge in [-0.3, -0.25) is 0 Å². The first kappa shape index (κ1) is 21.2. The van der Waals surface area contributed by atoms with Gasteiger partial charge in [0.1, 0.15) is 0 Å². The van der Waals surface area contributed by atoms with Crippen LogP contribution in [0.4, 0.5) is 0 Å². The van der Waals surface area contributed by atoms with Gasteiger partial charge in [0.25, 0.3) is 0 Å². The molecule has 0 bridgehead atoms. The Hall–Kier alpha value is -0.0400. The quantitative estimate of drug-likeness (QED) is 0.518. The fourth-order valence-corrected chi connectivity index (χ4v) is 9.38. The average molecular weight is 389 g/mol. The van der Waals surface area contributed by atoms with Crippen molar-refractivity contribution in [2.45, 2.75) is 118 Å². The van der Waals surface area contributed by atoms with E-state index in [9.17, 15) is 5.11 Å². The maximum absolute atomic E-state index is 11.2. The molecule has 0 aromatic carbocycles. The molecule has 0 saturated heterocycles. The third kappa shape index (κ3) is 3.40. The van der Waals surface area contributed by atoms with Crippen molar-refractivity contribution in [3.8, 4) is 0 Å². The molecule has 1 N–H and O–H groups in total. The van der Waals surface area contributed by atoms with Gasteiger partial charge in [0, 0.05) is 0 Å². The van der Waals surface area contributed by atoms with Crippen LogP contribution in [0.25, 0.3) is 0 Å². The Labute approximate surface area is 175 Å². The Morgan fingerprint density at radius 1 is 0.821 bits per heavy atom. The summed E-state index contributed by atoms with van der Waals surface area (Å²) in [5, 5.41) is 11.2. The van der Waals surface area contributed by atoms with Crippen molar-refractivity contribution in [3.05, 3.63) is 0 Å². The van der Waals surface area contributed by atoms with Crippen molar-refractivity contribution < 1.29 is 5.11 Å². The van der Waals surface area contributed by atoms with Crippen molar-refractivity contribution in [1.82, 2.24) is 0 Å². The number of aliphatic hydroxyl groups excluding tert-OH is 1. The molecule has 4 aliphatic rings. The number of rotatable bonds is 5. The largest absolute Gasteiger partial charge is 0.393 e. The second-order valence-electron chi connectivity index (χ2n) is 12.6. The van der Waals surface area contributed by atoms with Crippen LogP contribution < -0.4 is 0 Å². The summed E-state index contributed by atoms with van der Waals surface area (Å²) in [5.41, 5.74) is 0.985. The third-order valence-electron chi connectivity index (χ3n) is 10.8. The smallest absolute Gasteiger partial charge is 0.0576 e. The standard InChI is InChI=1S/C27H48O/c1-18(2)9-8-10-19(3)21-12-13-22-20-17-25(28)24-11-6-7-15-26(24,4)23(20)14-16-27(21,22)5/h18-25,28H,6-17H2,1-5H3/t19-,20+,21+,22-,23-,24-,25+,26-,27-/m1/s1. The normalized spacial score (nSPS) is 49.4. The lowest BCUT2D eigenvalue weighted by Crippen LogP contribution is -2.57. The molecule has 0 heterocycles. The minimum absolute atomic E-state index is 0.0172. The highest BCUT2D eigenvalue weighted by Gasteiger charge is 2.61. The molecule has 0 spiro atoms. The number of hydrogen-bond donors (Lipinski definition) is 1. The Morgan fingerprint density at radius 2 is 1.57 bits per heavy atom. The van der Waals surface area contributed by atoms with E-state index in [2.05, 4.69) is 34.6 Å². The van der Waals surface area contributed by atoms with Gasteiger partial charge in [0.2, 0.25) is 0 Å². The first-order valence-corrected chi connectivity index (χ1v) is 13.0. The highest BCUT2D eigenvalue weighted by Crippen LogP contribution is 2.68. The van der Waals surface area contributed by atoms with Crippen LogP contribution in [-0.2, 0) is 0 Å². The lowest BCUT2D eigenvalue weighted by atomic mass is 9.44. The molecule has 9 atom stereocenters. The van der Waals surface area contributed by atoms with Crippen molar-refractivity contribution in [2.75, 3.05) is 0 Å². The summed E-state index contributed by atoms with van der Waals surface area (Å²) in [6, 6.07) is 0. The molecule has 162 valence electrons. The second kappa shape index (κ2) is 7.90. The summed E-state index contributed by atoms with van der Waals surface area (Å²) in [6.07, 6.45) is 16.6. The molecular formula is C27H48O. The van der Waals surface area contributed by atoms with E-state index >= 15 is 0 Å². The summed E-state index contributed by atoms with van der Waals surface area (Å²) in [6.45, 7) is 12.6. The van der Waals surface area contributed by atoms with E-state index in [0.717, 1.165) is 41.9 Å². The molecule has 4 fully saturated rings. The molecule has 0 aromatic heterocycles.